The normalized spacial score (nSPS) is 20.8. The van der Waals surface area contributed by atoms with Crippen molar-refractivity contribution in [3.8, 4) is 0 Å². The summed E-state index contributed by atoms with van der Waals surface area (Å²) in [6.45, 7) is 2.63. The number of sulfonamides is 2. The average molecular weight is 496 g/mol. The highest BCUT2D eigenvalue weighted by molar-refractivity contribution is 7.89. The monoisotopic (exact) mass is 495 g/mol. The molecule has 0 saturated carbocycles. The first-order valence-corrected chi connectivity index (χ1v) is 13.6. The van der Waals surface area contributed by atoms with Crippen LogP contribution < -0.4 is 0 Å². The molecule has 1 atom stereocenters. The van der Waals surface area contributed by atoms with Crippen molar-refractivity contribution in [2.24, 2.45) is 0 Å². The fourth-order valence-electron chi connectivity index (χ4n) is 4.24. The van der Waals surface area contributed by atoms with Gasteiger partial charge in [0.2, 0.25) is 26.0 Å². The van der Waals surface area contributed by atoms with Crippen LogP contribution in [0, 0.1) is 12.7 Å². The van der Waals surface area contributed by atoms with Gasteiger partial charge < -0.3 is 4.90 Å². The van der Waals surface area contributed by atoms with Crippen molar-refractivity contribution in [2.45, 2.75) is 35.6 Å². The second kappa shape index (κ2) is 9.13. The Kier molecular flexibility index (Phi) is 6.59. The van der Waals surface area contributed by atoms with Crippen molar-refractivity contribution in [1.82, 2.24) is 13.5 Å². The summed E-state index contributed by atoms with van der Waals surface area (Å²) in [5.41, 5.74) is 0.941. The lowest BCUT2D eigenvalue weighted by atomic mass is 10.2. The molecule has 2 fully saturated rings. The van der Waals surface area contributed by atoms with Gasteiger partial charge >= 0.3 is 0 Å². The zero-order valence-corrected chi connectivity index (χ0v) is 19.9. The molecule has 2 saturated heterocycles. The van der Waals surface area contributed by atoms with Crippen molar-refractivity contribution in [2.75, 3.05) is 32.7 Å². The van der Waals surface area contributed by atoms with Gasteiger partial charge in [0.05, 0.1) is 9.79 Å². The Bertz CT molecular complexity index is 1220. The molecule has 2 heterocycles. The molecule has 178 valence electrons. The number of benzene rings is 2. The zero-order chi connectivity index (χ0) is 23.8. The molecule has 8 nitrogen and oxygen atoms in total. The Balaban J connectivity index is 1.45. The molecule has 0 aliphatic carbocycles. The van der Waals surface area contributed by atoms with Gasteiger partial charge in [0, 0.05) is 32.7 Å². The highest BCUT2D eigenvalue weighted by Gasteiger charge is 2.42. The highest BCUT2D eigenvalue weighted by atomic mass is 32.2. The summed E-state index contributed by atoms with van der Waals surface area (Å²) in [4.78, 5) is 14.9. The van der Waals surface area contributed by atoms with Crippen molar-refractivity contribution in [1.29, 1.82) is 0 Å². The van der Waals surface area contributed by atoms with Crippen LogP contribution >= 0.6 is 0 Å². The predicted molar refractivity (Wildman–Crippen MR) is 120 cm³/mol. The van der Waals surface area contributed by atoms with E-state index < -0.39 is 31.9 Å². The van der Waals surface area contributed by atoms with Gasteiger partial charge in [-0.05, 0) is 56.2 Å². The number of carbonyl (C=O) groups is 1. The van der Waals surface area contributed by atoms with Crippen molar-refractivity contribution >= 4 is 26.0 Å². The lowest BCUT2D eigenvalue weighted by molar-refractivity contribution is -0.135. The van der Waals surface area contributed by atoms with Gasteiger partial charge in [0.1, 0.15) is 11.9 Å². The van der Waals surface area contributed by atoms with Crippen LogP contribution in [-0.2, 0) is 24.8 Å². The molecular weight excluding hydrogens is 469 g/mol. The lowest BCUT2D eigenvalue weighted by Crippen LogP contribution is -2.55. The summed E-state index contributed by atoms with van der Waals surface area (Å²) in [6.07, 6.45) is 1.01. The molecular formula is C22H26FN3O5S2. The van der Waals surface area contributed by atoms with Crippen LogP contribution in [0.5, 0.6) is 0 Å². The quantitative estimate of drug-likeness (QED) is 0.631. The number of carbonyl (C=O) groups excluding carboxylic acids is 1. The summed E-state index contributed by atoms with van der Waals surface area (Å²) in [5.74, 6) is -0.826. The molecule has 0 bridgehead atoms. The van der Waals surface area contributed by atoms with E-state index in [9.17, 15) is 26.0 Å². The van der Waals surface area contributed by atoms with Crippen molar-refractivity contribution in [3.63, 3.8) is 0 Å². The van der Waals surface area contributed by atoms with Crippen LogP contribution in [0.4, 0.5) is 4.39 Å². The highest BCUT2D eigenvalue weighted by Crippen LogP contribution is 2.28. The van der Waals surface area contributed by atoms with E-state index >= 15 is 0 Å². The van der Waals surface area contributed by atoms with Gasteiger partial charge in [0.25, 0.3) is 0 Å². The number of rotatable bonds is 5. The number of piperazine rings is 1. The molecule has 0 spiro atoms. The third kappa shape index (κ3) is 4.68. The number of amides is 1. The summed E-state index contributed by atoms with van der Waals surface area (Å²) in [5, 5.41) is 0. The third-order valence-corrected chi connectivity index (χ3v) is 9.95. The SMILES string of the molecule is Cc1ccc(S(=O)(=O)N2CCC[C@H]2C(=O)N2CCN(S(=O)(=O)c3ccc(F)cc3)CC2)cc1. The zero-order valence-electron chi connectivity index (χ0n) is 18.2. The van der Waals surface area contributed by atoms with Crippen molar-refractivity contribution < 1.29 is 26.0 Å². The van der Waals surface area contributed by atoms with E-state index in [1.54, 1.807) is 24.3 Å². The lowest BCUT2D eigenvalue weighted by Gasteiger charge is -2.36. The van der Waals surface area contributed by atoms with E-state index in [0.717, 1.165) is 17.7 Å². The van der Waals surface area contributed by atoms with Crippen LogP contribution in [0.25, 0.3) is 0 Å². The van der Waals surface area contributed by atoms with Gasteiger partial charge in [-0.25, -0.2) is 21.2 Å². The van der Waals surface area contributed by atoms with E-state index in [1.165, 1.54) is 25.6 Å². The molecule has 11 heteroatoms. The molecule has 0 N–H and O–H groups in total. The van der Waals surface area contributed by atoms with Gasteiger partial charge in [-0.15, -0.1) is 0 Å². The second-order valence-corrected chi connectivity index (χ2v) is 12.1. The first-order chi connectivity index (χ1) is 15.6. The molecule has 1 amide bonds. The maximum absolute atomic E-state index is 13.2. The van der Waals surface area contributed by atoms with E-state index in [-0.39, 0.29) is 48.4 Å². The first kappa shape index (κ1) is 23.8. The number of hydrogen-bond acceptors (Lipinski definition) is 5. The Hall–Kier alpha value is -2.34. The van der Waals surface area contributed by atoms with Crippen molar-refractivity contribution in [3.05, 3.63) is 59.9 Å². The fraction of sp³-hybridized carbons (Fsp3) is 0.409. The smallest absolute Gasteiger partial charge is 0.243 e. The van der Waals surface area contributed by atoms with Gasteiger partial charge in [-0.3, -0.25) is 4.79 Å². The van der Waals surface area contributed by atoms with Gasteiger partial charge in [-0.2, -0.15) is 8.61 Å². The third-order valence-electron chi connectivity index (χ3n) is 6.12. The number of aryl methyl sites for hydroxylation is 1. The Morgan fingerprint density at radius 3 is 1.97 bits per heavy atom. The summed E-state index contributed by atoms with van der Waals surface area (Å²) in [6, 6.07) is 10.4. The van der Waals surface area contributed by atoms with E-state index in [0.29, 0.717) is 12.8 Å². The van der Waals surface area contributed by atoms with E-state index in [2.05, 4.69) is 0 Å². The second-order valence-electron chi connectivity index (χ2n) is 8.27. The minimum atomic E-state index is -3.81. The summed E-state index contributed by atoms with van der Waals surface area (Å²) in [7, 11) is -7.61. The standard InChI is InChI=1S/C22H26FN3O5S2/c1-17-4-8-20(9-5-17)33(30,31)26-12-2-3-21(26)22(27)24-13-15-25(16-14-24)32(28,29)19-10-6-18(23)7-11-19/h4-11,21H,2-3,12-16H2,1H3/t21-/m0/s1. The maximum atomic E-state index is 13.2. The van der Waals surface area contributed by atoms with Crippen LogP contribution in [0.1, 0.15) is 18.4 Å². The average Bonchev–Trinajstić information content (AvgIpc) is 3.30. The predicted octanol–water partition coefficient (Wildman–Crippen LogP) is 1.82. The summed E-state index contributed by atoms with van der Waals surface area (Å²) < 4.78 is 67.6. The van der Waals surface area contributed by atoms with Crippen LogP contribution in [0.2, 0.25) is 0 Å². The topological polar surface area (TPSA) is 95.1 Å². The number of hydrogen-bond donors (Lipinski definition) is 0. The molecule has 0 unspecified atom stereocenters. The Labute approximate surface area is 193 Å². The van der Waals surface area contributed by atoms with Crippen LogP contribution in [0.15, 0.2) is 58.3 Å². The van der Waals surface area contributed by atoms with Crippen LogP contribution in [0.3, 0.4) is 0 Å². The molecule has 0 radical (unpaired) electrons. The van der Waals surface area contributed by atoms with Crippen LogP contribution in [-0.4, -0.2) is 75.0 Å². The summed E-state index contributed by atoms with van der Waals surface area (Å²) >= 11 is 0. The molecule has 4 rings (SSSR count). The number of nitrogens with zero attached hydrogens (tertiary/aromatic N) is 3. The van der Waals surface area contributed by atoms with E-state index in [4.69, 9.17) is 0 Å². The molecule has 2 aliphatic heterocycles. The minimum absolute atomic E-state index is 0.00478. The first-order valence-electron chi connectivity index (χ1n) is 10.7. The Morgan fingerprint density at radius 1 is 0.818 bits per heavy atom. The molecule has 2 aromatic carbocycles. The van der Waals surface area contributed by atoms with E-state index in [1.807, 2.05) is 6.92 Å². The molecule has 2 aliphatic rings. The Morgan fingerprint density at radius 2 is 1.36 bits per heavy atom. The largest absolute Gasteiger partial charge is 0.339 e. The number of halogens is 1. The fourth-order valence-corrected chi connectivity index (χ4v) is 7.31. The van der Waals surface area contributed by atoms with Gasteiger partial charge in [0.15, 0.2) is 0 Å². The molecule has 2 aromatic rings. The minimum Gasteiger partial charge on any atom is -0.339 e. The van der Waals surface area contributed by atoms with Gasteiger partial charge in [-0.1, -0.05) is 17.7 Å². The molecule has 33 heavy (non-hydrogen) atoms. The molecule has 0 aromatic heterocycles. The maximum Gasteiger partial charge on any atom is 0.243 e.